The Morgan fingerprint density at radius 1 is 0.290 bits per heavy atom. The minimum Gasteiger partial charge on any atom is -0.464 e. The van der Waals surface area contributed by atoms with Crippen LogP contribution < -0.4 is 0 Å². The maximum Gasteiger partial charge on any atom is 0.309 e. The van der Waals surface area contributed by atoms with E-state index in [4.69, 9.17) is 56.8 Å². The molecule has 0 amide bonds. The molecule has 12 unspecified atom stereocenters. The Labute approximate surface area is 401 Å². The zero-order chi connectivity index (χ0) is 48.3. The Balaban J connectivity index is 1.03. The molecule has 8 fully saturated rings. The van der Waals surface area contributed by atoms with E-state index in [1.807, 2.05) is 0 Å². The van der Waals surface area contributed by atoms with Gasteiger partial charge < -0.3 is 56.8 Å². The summed E-state index contributed by atoms with van der Waals surface area (Å²) in [4.78, 5) is 110. The highest BCUT2D eigenvalue weighted by atomic mass is 16.6. The lowest BCUT2D eigenvalue weighted by Gasteiger charge is -2.36. The van der Waals surface area contributed by atoms with E-state index in [-0.39, 0.29) is 50.8 Å². The largest absolute Gasteiger partial charge is 0.464 e. The number of esters is 8. The summed E-state index contributed by atoms with van der Waals surface area (Å²) in [6.07, 6.45) is 7.47. The smallest absolute Gasteiger partial charge is 0.309 e. The average Bonchev–Trinajstić information content (AvgIpc) is 4.15. The molecule has 4 saturated carbocycles. The highest BCUT2D eigenvalue weighted by Crippen LogP contribution is 2.38. The lowest BCUT2D eigenvalue weighted by atomic mass is 9.79. The molecule has 0 aromatic rings. The van der Waals surface area contributed by atoms with E-state index in [1.54, 1.807) is 0 Å². The third-order valence-electron chi connectivity index (χ3n) is 14.8. The van der Waals surface area contributed by atoms with Crippen LogP contribution in [0.4, 0.5) is 0 Å². The van der Waals surface area contributed by atoms with E-state index in [1.165, 1.54) is 0 Å². The minimum atomic E-state index is -1.76. The molecule has 0 bridgehead atoms. The van der Waals surface area contributed by atoms with Crippen LogP contribution in [0.2, 0.25) is 0 Å². The van der Waals surface area contributed by atoms with Crippen LogP contribution in [-0.2, 0) is 95.2 Å². The lowest BCUT2D eigenvalue weighted by Crippen LogP contribution is -2.47. The molecule has 4 heterocycles. The Hall–Kier alpha value is -4.40. The van der Waals surface area contributed by atoms with Crippen molar-refractivity contribution in [1.29, 1.82) is 0 Å². The number of hydrogen-bond donors (Lipinski definition) is 0. The Bertz CT molecular complexity index is 1570. The summed E-state index contributed by atoms with van der Waals surface area (Å²) in [5.74, 6) is -11.9. The molecule has 20 heteroatoms. The third kappa shape index (κ3) is 14.8. The van der Waals surface area contributed by atoms with Gasteiger partial charge in [-0.3, -0.25) is 38.4 Å². The van der Waals surface area contributed by atoms with E-state index in [9.17, 15) is 38.4 Å². The molecule has 0 radical (unpaired) electrons. The van der Waals surface area contributed by atoms with Crippen molar-refractivity contribution in [3.8, 4) is 0 Å². The fraction of sp³-hybridized carbons (Fsp3) is 0.837. The monoisotopic (exact) mass is 976 g/mol. The fourth-order valence-electron chi connectivity index (χ4n) is 10.1. The quantitative estimate of drug-likeness (QED) is 0.0764. The Morgan fingerprint density at radius 3 is 0.609 bits per heavy atom. The molecule has 4 aliphatic heterocycles. The van der Waals surface area contributed by atoms with Gasteiger partial charge in [0.25, 0.3) is 0 Å². The molecular formula is C49H68O20. The SMILES string of the molecule is O=C(OCC1CO1)C1CCCCC1C(=O)OCC(COC(=O)C1CCCCC1C(=O)OCC1CO1)(COC(=O)C1CCCCC1C(=O)OCC1CO1)COC(=O)C1CCCCC1C(=O)OCC1CO1. The molecule has 8 rings (SSSR count). The van der Waals surface area contributed by atoms with E-state index in [0.29, 0.717) is 129 Å². The number of ether oxygens (including phenoxy) is 12. The molecule has 384 valence electrons. The van der Waals surface area contributed by atoms with Crippen LogP contribution in [-0.4, -0.2) is 151 Å². The average molecular weight is 977 g/mol. The van der Waals surface area contributed by atoms with E-state index in [2.05, 4.69) is 0 Å². The number of hydrogen-bond acceptors (Lipinski definition) is 20. The van der Waals surface area contributed by atoms with Crippen LogP contribution in [0.3, 0.4) is 0 Å². The first kappa shape index (κ1) is 51.0. The molecular weight excluding hydrogens is 909 g/mol. The van der Waals surface area contributed by atoms with Crippen molar-refractivity contribution >= 4 is 47.8 Å². The Kier molecular flexibility index (Phi) is 17.8. The lowest BCUT2D eigenvalue weighted by molar-refractivity contribution is -0.184. The first-order valence-corrected chi connectivity index (χ1v) is 25.3. The maximum absolute atomic E-state index is 14.2. The van der Waals surface area contributed by atoms with Crippen LogP contribution in [0.15, 0.2) is 0 Å². The van der Waals surface area contributed by atoms with Crippen LogP contribution in [0.25, 0.3) is 0 Å². The third-order valence-corrected chi connectivity index (χ3v) is 14.8. The maximum atomic E-state index is 14.2. The van der Waals surface area contributed by atoms with Crippen LogP contribution in [0.1, 0.15) is 103 Å². The Morgan fingerprint density at radius 2 is 0.449 bits per heavy atom. The van der Waals surface area contributed by atoms with E-state index in [0.717, 1.165) is 0 Å². The summed E-state index contributed by atoms with van der Waals surface area (Å²) < 4.78 is 67.0. The van der Waals surface area contributed by atoms with Gasteiger partial charge in [0, 0.05) is 0 Å². The first-order chi connectivity index (χ1) is 33.5. The van der Waals surface area contributed by atoms with Gasteiger partial charge in [-0.05, 0) is 51.4 Å². The number of rotatable bonds is 24. The van der Waals surface area contributed by atoms with Crippen molar-refractivity contribution < 1.29 is 95.2 Å². The fourth-order valence-corrected chi connectivity index (χ4v) is 10.1. The topological polar surface area (TPSA) is 261 Å². The second kappa shape index (κ2) is 24.1. The van der Waals surface area contributed by atoms with Crippen LogP contribution in [0, 0.1) is 52.8 Å². The second-order valence-electron chi connectivity index (χ2n) is 20.3. The van der Waals surface area contributed by atoms with E-state index < -0.39 is 127 Å². The summed E-state index contributed by atoms with van der Waals surface area (Å²) >= 11 is 0. The van der Waals surface area contributed by atoms with Crippen LogP contribution >= 0.6 is 0 Å². The van der Waals surface area contributed by atoms with Crippen molar-refractivity contribution in [3.63, 3.8) is 0 Å². The van der Waals surface area contributed by atoms with Gasteiger partial charge in [-0.2, -0.15) is 0 Å². The zero-order valence-electron chi connectivity index (χ0n) is 39.4. The van der Waals surface area contributed by atoms with E-state index >= 15 is 0 Å². The second-order valence-corrected chi connectivity index (χ2v) is 20.3. The number of epoxide rings is 4. The standard InChI is InChI=1S/C49H68O20/c50-41(62-21-29-17-58-29)33-9-1-5-13-37(33)45(54)66-25-49(26-67-46(55)38-14-6-2-10-34(38)42(51)63-22-30-18-59-30,27-68-47(56)39-15-7-3-11-35(39)43(52)64-23-31-19-60-31)28-69-48(57)40-16-8-4-12-36(40)44(53)65-24-32-20-61-32/h29-40H,1-28H2. The summed E-state index contributed by atoms with van der Waals surface area (Å²) in [5.41, 5.74) is -1.76. The summed E-state index contributed by atoms with van der Waals surface area (Å²) in [6.45, 7) is -0.240. The van der Waals surface area contributed by atoms with Gasteiger partial charge in [0.05, 0.1) is 73.8 Å². The van der Waals surface area contributed by atoms with Gasteiger partial charge in [-0.15, -0.1) is 0 Å². The summed E-state index contributed by atoms with van der Waals surface area (Å²) in [7, 11) is 0. The molecule has 0 aromatic heterocycles. The summed E-state index contributed by atoms with van der Waals surface area (Å²) in [5, 5.41) is 0. The molecule has 0 N–H and O–H groups in total. The van der Waals surface area contributed by atoms with Gasteiger partial charge in [0.15, 0.2) is 0 Å². The highest BCUT2D eigenvalue weighted by Gasteiger charge is 2.47. The molecule has 0 spiro atoms. The number of carbonyl (C=O) groups excluding carboxylic acids is 8. The molecule has 20 nitrogen and oxygen atoms in total. The van der Waals surface area contributed by atoms with Crippen molar-refractivity contribution in [2.24, 2.45) is 52.8 Å². The normalized spacial score (nSPS) is 33.2. The molecule has 8 aliphatic rings. The van der Waals surface area contributed by atoms with Gasteiger partial charge in [-0.1, -0.05) is 51.4 Å². The van der Waals surface area contributed by atoms with Gasteiger partial charge in [0.1, 0.15) is 82.7 Å². The van der Waals surface area contributed by atoms with Crippen molar-refractivity contribution in [3.05, 3.63) is 0 Å². The highest BCUT2D eigenvalue weighted by molar-refractivity contribution is 5.85. The van der Waals surface area contributed by atoms with Gasteiger partial charge in [-0.25, -0.2) is 0 Å². The molecule has 4 aliphatic carbocycles. The van der Waals surface area contributed by atoms with Crippen molar-refractivity contribution in [2.75, 3.05) is 79.3 Å². The van der Waals surface area contributed by atoms with Gasteiger partial charge in [0.2, 0.25) is 0 Å². The molecule has 0 aromatic carbocycles. The van der Waals surface area contributed by atoms with Crippen molar-refractivity contribution in [1.82, 2.24) is 0 Å². The van der Waals surface area contributed by atoms with Gasteiger partial charge >= 0.3 is 47.8 Å². The summed E-state index contributed by atoms with van der Waals surface area (Å²) in [6, 6.07) is 0. The predicted molar refractivity (Wildman–Crippen MR) is 231 cm³/mol. The minimum absolute atomic E-state index is 0.0693. The predicted octanol–water partition coefficient (Wildman–Crippen LogP) is 3.14. The number of carbonyl (C=O) groups is 8. The molecule has 12 atom stereocenters. The molecule has 69 heavy (non-hydrogen) atoms. The zero-order valence-corrected chi connectivity index (χ0v) is 39.4. The van der Waals surface area contributed by atoms with Crippen LogP contribution in [0.5, 0.6) is 0 Å². The molecule has 4 saturated heterocycles. The first-order valence-electron chi connectivity index (χ1n) is 25.3. The van der Waals surface area contributed by atoms with Crippen molar-refractivity contribution in [2.45, 2.75) is 127 Å².